The van der Waals surface area contributed by atoms with Crippen molar-refractivity contribution in [3.8, 4) is 0 Å². The molecule has 0 spiro atoms. The number of nitrogens with one attached hydrogen (secondary N) is 1. The lowest BCUT2D eigenvalue weighted by Gasteiger charge is -2.18. The molecule has 2 rings (SSSR count). The molecule has 3 N–H and O–H groups in total. The first-order valence-electron chi connectivity index (χ1n) is 4.63. The van der Waals surface area contributed by atoms with E-state index in [-0.39, 0.29) is 0 Å². The Bertz CT molecular complexity index is 249. The van der Waals surface area contributed by atoms with Gasteiger partial charge >= 0.3 is 0 Å². The number of nitrogens with zero attached hydrogens (tertiary/aromatic N) is 2. The molecule has 1 fully saturated rings. The fraction of sp³-hybridized carbons (Fsp3) is 0.750. The highest BCUT2D eigenvalue weighted by atomic mass is 32.1. The number of rotatable bonds is 3. The maximum Gasteiger partial charge on any atom is 0.205 e. The molecule has 1 aromatic heterocycles. The van der Waals surface area contributed by atoms with Gasteiger partial charge in [-0.15, -0.1) is 10.2 Å². The van der Waals surface area contributed by atoms with Crippen LogP contribution >= 0.6 is 11.3 Å². The first kappa shape index (κ1) is 8.90. The highest BCUT2D eigenvalue weighted by Crippen LogP contribution is 2.27. The molecule has 1 saturated carbocycles. The maximum atomic E-state index is 5.68. The molecule has 13 heavy (non-hydrogen) atoms. The molecule has 0 bridgehead atoms. The largest absolute Gasteiger partial charge is 0.357 e. The minimum atomic E-state index is 0.512. The Morgan fingerprint density at radius 2 is 2.54 bits per heavy atom. The molecule has 1 aromatic rings. The molecule has 0 saturated heterocycles. The van der Waals surface area contributed by atoms with Crippen LogP contribution in [0, 0.1) is 5.92 Å². The molecule has 1 aliphatic carbocycles. The lowest BCUT2D eigenvalue weighted by molar-refractivity contribution is 0.516. The van der Waals surface area contributed by atoms with Crippen LogP contribution in [0.25, 0.3) is 0 Å². The van der Waals surface area contributed by atoms with Crippen molar-refractivity contribution in [2.75, 3.05) is 11.9 Å². The number of aromatic nitrogens is 2. The van der Waals surface area contributed by atoms with E-state index in [9.17, 15) is 0 Å². The Hall–Kier alpha value is -0.680. The van der Waals surface area contributed by atoms with Gasteiger partial charge in [0.25, 0.3) is 0 Å². The second-order valence-corrected chi connectivity index (χ2v) is 4.25. The third-order valence-corrected chi connectivity index (χ3v) is 3.25. The van der Waals surface area contributed by atoms with E-state index >= 15 is 0 Å². The number of nitrogens with two attached hydrogens (primary N) is 1. The van der Waals surface area contributed by atoms with Crippen LogP contribution in [0.4, 0.5) is 5.13 Å². The van der Waals surface area contributed by atoms with Gasteiger partial charge in [-0.2, -0.15) is 0 Å². The van der Waals surface area contributed by atoms with Crippen LogP contribution in [0.5, 0.6) is 0 Å². The third kappa shape index (κ3) is 1.97. The van der Waals surface area contributed by atoms with Crippen molar-refractivity contribution in [1.29, 1.82) is 0 Å². The van der Waals surface area contributed by atoms with Gasteiger partial charge in [-0.3, -0.25) is 0 Å². The Balaban J connectivity index is 1.94. The Morgan fingerprint density at radius 1 is 1.62 bits per heavy atom. The van der Waals surface area contributed by atoms with Crippen LogP contribution in [0.15, 0.2) is 5.51 Å². The van der Waals surface area contributed by atoms with Crippen molar-refractivity contribution >= 4 is 16.5 Å². The van der Waals surface area contributed by atoms with Crippen LogP contribution in [-0.4, -0.2) is 22.8 Å². The minimum Gasteiger partial charge on any atom is -0.357 e. The van der Waals surface area contributed by atoms with Gasteiger partial charge in [-0.05, 0) is 25.3 Å². The summed E-state index contributed by atoms with van der Waals surface area (Å²) in [6, 6.07) is 0.512. The molecule has 1 aliphatic rings. The lowest BCUT2D eigenvalue weighted by Crippen LogP contribution is -2.29. The van der Waals surface area contributed by atoms with Gasteiger partial charge in [0, 0.05) is 6.04 Å². The monoisotopic (exact) mass is 198 g/mol. The van der Waals surface area contributed by atoms with E-state index in [0.717, 1.165) is 11.7 Å². The Morgan fingerprint density at radius 3 is 3.23 bits per heavy atom. The highest BCUT2D eigenvalue weighted by molar-refractivity contribution is 7.13. The summed E-state index contributed by atoms with van der Waals surface area (Å²) in [7, 11) is 0. The van der Waals surface area contributed by atoms with Crippen LogP contribution in [0.2, 0.25) is 0 Å². The molecule has 5 heteroatoms. The van der Waals surface area contributed by atoms with Gasteiger partial charge in [0.15, 0.2) is 0 Å². The number of hydrogen-bond acceptors (Lipinski definition) is 5. The molecule has 0 aliphatic heterocycles. The minimum absolute atomic E-state index is 0.512. The standard InChI is InChI=1S/C8H14N4S/c9-4-6-2-1-3-7(6)11-8-12-10-5-13-8/h5-7H,1-4,9H2,(H,11,12). The van der Waals surface area contributed by atoms with Gasteiger partial charge < -0.3 is 11.1 Å². The summed E-state index contributed by atoms with van der Waals surface area (Å²) in [5, 5.41) is 12.1. The van der Waals surface area contributed by atoms with Gasteiger partial charge in [-0.25, -0.2) is 0 Å². The molecule has 72 valence electrons. The lowest BCUT2D eigenvalue weighted by atomic mass is 10.0. The van der Waals surface area contributed by atoms with E-state index in [1.165, 1.54) is 19.3 Å². The molecule has 0 aromatic carbocycles. The quantitative estimate of drug-likeness (QED) is 0.762. The number of hydrogen-bond donors (Lipinski definition) is 2. The summed E-state index contributed by atoms with van der Waals surface area (Å²) in [6.45, 7) is 0.774. The zero-order valence-corrected chi connectivity index (χ0v) is 8.26. The Labute approximate surface area is 81.6 Å². The van der Waals surface area contributed by atoms with Crippen LogP contribution in [0.1, 0.15) is 19.3 Å². The van der Waals surface area contributed by atoms with Crippen molar-refractivity contribution in [2.24, 2.45) is 11.7 Å². The zero-order valence-electron chi connectivity index (χ0n) is 7.44. The van der Waals surface area contributed by atoms with E-state index < -0.39 is 0 Å². The smallest absolute Gasteiger partial charge is 0.205 e. The summed E-state index contributed by atoms with van der Waals surface area (Å²) < 4.78 is 0. The molecular formula is C8H14N4S. The fourth-order valence-electron chi connectivity index (χ4n) is 1.90. The van der Waals surface area contributed by atoms with Crippen molar-refractivity contribution in [2.45, 2.75) is 25.3 Å². The first-order valence-corrected chi connectivity index (χ1v) is 5.51. The molecule has 2 atom stereocenters. The summed E-state index contributed by atoms with van der Waals surface area (Å²) in [5.41, 5.74) is 7.43. The van der Waals surface area contributed by atoms with E-state index in [1.807, 2.05) is 0 Å². The second kappa shape index (κ2) is 4.02. The predicted molar refractivity (Wildman–Crippen MR) is 53.7 cm³/mol. The summed E-state index contributed by atoms with van der Waals surface area (Å²) in [5.74, 6) is 0.615. The van der Waals surface area contributed by atoms with Gasteiger partial charge in [0.1, 0.15) is 5.51 Å². The van der Waals surface area contributed by atoms with E-state index in [2.05, 4.69) is 15.5 Å². The molecule has 0 radical (unpaired) electrons. The second-order valence-electron chi connectivity index (χ2n) is 3.42. The van der Waals surface area contributed by atoms with E-state index in [0.29, 0.717) is 12.0 Å². The summed E-state index contributed by atoms with van der Waals surface area (Å²) in [4.78, 5) is 0. The SMILES string of the molecule is NCC1CCCC1Nc1nncs1. The molecular weight excluding hydrogens is 184 g/mol. The first-order chi connectivity index (χ1) is 6.40. The zero-order chi connectivity index (χ0) is 9.10. The van der Waals surface area contributed by atoms with Gasteiger partial charge in [0.05, 0.1) is 0 Å². The fourth-order valence-corrected chi connectivity index (χ4v) is 2.41. The maximum absolute atomic E-state index is 5.68. The van der Waals surface area contributed by atoms with Crippen molar-refractivity contribution < 1.29 is 0 Å². The third-order valence-electron chi connectivity index (χ3n) is 2.63. The van der Waals surface area contributed by atoms with Crippen LogP contribution in [0.3, 0.4) is 0 Å². The number of anilines is 1. The van der Waals surface area contributed by atoms with Gasteiger partial charge in [-0.1, -0.05) is 17.8 Å². The molecule has 0 amide bonds. The normalized spacial score (nSPS) is 27.8. The van der Waals surface area contributed by atoms with E-state index in [1.54, 1.807) is 16.8 Å². The molecule has 2 unspecified atom stereocenters. The summed E-state index contributed by atoms with van der Waals surface area (Å²) >= 11 is 1.55. The highest BCUT2D eigenvalue weighted by Gasteiger charge is 2.26. The average molecular weight is 198 g/mol. The van der Waals surface area contributed by atoms with Crippen molar-refractivity contribution in [1.82, 2.24) is 10.2 Å². The van der Waals surface area contributed by atoms with E-state index in [4.69, 9.17) is 5.73 Å². The molecule has 1 heterocycles. The predicted octanol–water partition coefficient (Wildman–Crippen LogP) is 1.08. The molecule has 4 nitrogen and oxygen atoms in total. The summed E-state index contributed by atoms with van der Waals surface area (Å²) in [6.07, 6.45) is 3.73. The van der Waals surface area contributed by atoms with Crippen LogP contribution < -0.4 is 11.1 Å². The van der Waals surface area contributed by atoms with Gasteiger partial charge in [0.2, 0.25) is 5.13 Å². The topological polar surface area (TPSA) is 63.8 Å². The Kier molecular flexibility index (Phi) is 2.75. The van der Waals surface area contributed by atoms with Crippen molar-refractivity contribution in [3.63, 3.8) is 0 Å². The van der Waals surface area contributed by atoms with Crippen molar-refractivity contribution in [3.05, 3.63) is 5.51 Å². The van der Waals surface area contributed by atoms with Crippen LogP contribution in [-0.2, 0) is 0 Å². The average Bonchev–Trinajstić information content (AvgIpc) is 2.76.